The zero-order valence-corrected chi connectivity index (χ0v) is 10.9. The van der Waals surface area contributed by atoms with E-state index < -0.39 is 4.92 Å². The van der Waals surface area contributed by atoms with E-state index in [0.29, 0.717) is 11.4 Å². The Morgan fingerprint density at radius 1 is 1.50 bits per heavy atom. The van der Waals surface area contributed by atoms with E-state index in [0.717, 1.165) is 12.0 Å². The van der Waals surface area contributed by atoms with Crippen LogP contribution in [0.25, 0.3) is 0 Å². The molecule has 0 fully saturated rings. The molecule has 0 saturated carbocycles. The van der Waals surface area contributed by atoms with Crippen molar-refractivity contribution in [3.05, 3.63) is 51.7 Å². The van der Waals surface area contributed by atoms with Crippen LogP contribution in [0.4, 0.5) is 11.5 Å². The maximum atomic E-state index is 11.9. The molecular weight excluding hydrogens is 260 g/mol. The van der Waals surface area contributed by atoms with E-state index >= 15 is 0 Å². The van der Waals surface area contributed by atoms with Gasteiger partial charge in [0, 0.05) is 17.7 Å². The number of nitrogens with one attached hydrogen (secondary N) is 2. The van der Waals surface area contributed by atoms with Crippen LogP contribution in [0.3, 0.4) is 0 Å². The molecule has 2 N–H and O–H groups in total. The molecule has 2 aromatic rings. The summed E-state index contributed by atoms with van der Waals surface area (Å²) >= 11 is 0. The molecule has 0 radical (unpaired) electrons. The van der Waals surface area contributed by atoms with E-state index in [1.54, 1.807) is 18.3 Å². The fourth-order valence-electron chi connectivity index (χ4n) is 1.84. The average molecular weight is 274 g/mol. The summed E-state index contributed by atoms with van der Waals surface area (Å²) in [6.45, 7) is 1.96. The van der Waals surface area contributed by atoms with Crippen molar-refractivity contribution in [1.29, 1.82) is 0 Å². The summed E-state index contributed by atoms with van der Waals surface area (Å²) in [5.74, 6) is 0.326. The fourth-order valence-corrected chi connectivity index (χ4v) is 1.84. The van der Waals surface area contributed by atoms with Crippen molar-refractivity contribution in [2.75, 3.05) is 5.32 Å². The summed E-state index contributed by atoms with van der Waals surface area (Å²) in [6.07, 6.45) is 2.48. The topological polar surface area (TPSA) is 101 Å². The Labute approximate surface area is 115 Å². The van der Waals surface area contributed by atoms with Crippen LogP contribution in [0.5, 0.6) is 0 Å². The van der Waals surface area contributed by atoms with Crippen LogP contribution in [0, 0.1) is 10.1 Å². The predicted molar refractivity (Wildman–Crippen MR) is 73.4 cm³/mol. The van der Waals surface area contributed by atoms with Gasteiger partial charge >= 0.3 is 0 Å². The number of rotatable bonds is 5. The molecule has 0 aliphatic heterocycles. The molecule has 2 rings (SSSR count). The van der Waals surface area contributed by atoms with Crippen LogP contribution < -0.4 is 5.32 Å². The van der Waals surface area contributed by atoms with Gasteiger partial charge in [0.15, 0.2) is 0 Å². The number of nitrogens with zero attached hydrogens (tertiary/aromatic N) is 2. The van der Waals surface area contributed by atoms with Gasteiger partial charge in [0.25, 0.3) is 5.69 Å². The summed E-state index contributed by atoms with van der Waals surface area (Å²) in [5.41, 5.74) is 1.48. The number of hydrogen-bond acceptors (Lipinski definition) is 4. The van der Waals surface area contributed by atoms with Gasteiger partial charge in [-0.15, -0.1) is 0 Å². The number of hydrogen-bond donors (Lipinski definition) is 2. The number of aromatic amines is 1. The minimum Gasteiger partial charge on any atom is -0.311 e. The highest BCUT2D eigenvalue weighted by Gasteiger charge is 2.11. The highest BCUT2D eigenvalue weighted by molar-refractivity contribution is 5.92. The average Bonchev–Trinajstić information content (AvgIpc) is 2.86. The van der Waals surface area contributed by atoms with Gasteiger partial charge in [-0.2, -0.15) is 5.10 Å². The number of aryl methyl sites for hydroxylation is 1. The molecule has 1 heterocycles. The first-order valence-electron chi connectivity index (χ1n) is 6.15. The second-order valence-electron chi connectivity index (χ2n) is 4.28. The molecule has 0 aliphatic carbocycles. The number of nitro groups is 1. The van der Waals surface area contributed by atoms with Crippen molar-refractivity contribution in [1.82, 2.24) is 10.2 Å². The number of carbonyl (C=O) groups is 1. The van der Waals surface area contributed by atoms with Crippen LogP contribution in [0.2, 0.25) is 0 Å². The van der Waals surface area contributed by atoms with E-state index in [1.165, 1.54) is 12.1 Å². The molecule has 0 aliphatic rings. The second kappa shape index (κ2) is 5.96. The normalized spacial score (nSPS) is 10.2. The Hall–Kier alpha value is -2.70. The smallest absolute Gasteiger partial charge is 0.269 e. The van der Waals surface area contributed by atoms with E-state index in [9.17, 15) is 14.9 Å². The zero-order chi connectivity index (χ0) is 14.5. The van der Waals surface area contributed by atoms with Gasteiger partial charge in [0.1, 0.15) is 5.82 Å². The standard InChI is InChI=1S/C13H14N4O3/c1-2-10-8-14-16-13(10)15-12(18)7-9-4-3-5-11(6-9)17(19)20/h3-6,8H,2,7H2,1H3,(H2,14,15,16,18). The van der Waals surface area contributed by atoms with Crippen LogP contribution in [-0.4, -0.2) is 21.0 Å². The van der Waals surface area contributed by atoms with Gasteiger partial charge in [-0.05, 0) is 12.0 Å². The molecule has 104 valence electrons. The molecule has 0 bridgehead atoms. The molecule has 1 aromatic heterocycles. The Kier molecular flexibility index (Phi) is 4.09. The Balaban J connectivity index is 2.05. The summed E-state index contributed by atoms with van der Waals surface area (Å²) < 4.78 is 0. The highest BCUT2D eigenvalue weighted by atomic mass is 16.6. The van der Waals surface area contributed by atoms with Crippen molar-refractivity contribution in [2.24, 2.45) is 0 Å². The lowest BCUT2D eigenvalue weighted by Crippen LogP contribution is -2.15. The maximum Gasteiger partial charge on any atom is 0.269 e. The van der Waals surface area contributed by atoms with E-state index in [2.05, 4.69) is 15.5 Å². The summed E-state index contributed by atoms with van der Waals surface area (Å²) in [6, 6.07) is 6.04. The minimum absolute atomic E-state index is 0.0221. The Morgan fingerprint density at radius 3 is 3.00 bits per heavy atom. The molecule has 0 unspecified atom stereocenters. The first-order valence-corrected chi connectivity index (χ1v) is 6.15. The predicted octanol–water partition coefficient (Wildman–Crippen LogP) is 2.06. The largest absolute Gasteiger partial charge is 0.311 e. The number of anilines is 1. The lowest BCUT2D eigenvalue weighted by atomic mass is 10.1. The van der Waals surface area contributed by atoms with Gasteiger partial charge < -0.3 is 5.32 Å². The molecule has 0 saturated heterocycles. The number of amides is 1. The molecule has 20 heavy (non-hydrogen) atoms. The van der Waals surface area contributed by atoms with E-state index in [1.807, 2.05) is 6.92 Å². The number of nitro benzene ring substituents is 1. The lowest BCUT2D eigenvalue weighted by Gasteiger charge is -2.04. The molecule has 7 nitrogen and oxygen atoms in total. The highest BCUT2D eigenvalue weighted by Crippen LogP contribution is 2.15. The number of benzene rings is 1. The monoisotopic (exact) mass is 274 g/mol. The maximum absolute atomic E-state index is 11.9. The van der Waals surface area contributed by atoms with E-state index in [-0.39, 0.29) is 18.0 Å². The first kappa shape index (κ1) is 13.7. The van der Waals surface area contributed by atoms with E-state index in [4.69, 9.17) is 0 Å². The summed E-state index contributed by atoms with van der Waals surface area (Å²) in [4.78, 5) is 22.1. The quantitative estimate of drug-likeness (QED) is 0.643. The first-order chi connectivity index (χ1) is 9.60. The third-order valence-corrected chi connectivity index (χ3v) is 2.85. The molecule has 7 heteroatoms. The summed E-state index contributed by atoms with van der Waals surface area (Å²) in [7, 11) is 0. The number of aromatic nitrogens is 2. The second-order valence-corrected chi connectivity index (χ2v) is 4.28. The number of non-ortho nitro benzene ring substituents is 1. The molecule has 0 spiro atoms. The van der Waals surface area contributed by atoms with Gasteiger partial charge in [-0.3, -0.25) is 20.0 Å². The third kappa shape index (κ3) is 3.19. The van der Waals surface area contributed by atoms with Crippen molar-refractivity contribution in [3.8, 4) is 0 Å². The van der Waals surface area contributed by atoms with Gasteiger partial charge in [0.2, 0.25) is 5.91 Å². The van der Waals surface area contributed by atoms with Crippen molar-refractivity contribution < 1.29 is 9.72 Å². The zero-order valence-electron chi connectivity index (χ0n) is 10.9. The van der Waals surface area contributed by atoms with Gasteiger partial charge in [0.05, 0.1) is 17.5 Å². The van der Waals surface area contributed by atoms with Crippen molar-refractivity contribution in [3.63, 3.8) is 0 Å². The van der Waals surface area contributed by atoms with Crippen LogP contribution >= 0.6 is 0 Å². The summed E-state index contributed by atoms with van der Waals surface area (Å²) in [5, 5.41) is 20.0. The molecule has 0 atom stereocenters. The van der Waals surface area contributed by atoms with Crippen LogP contribution in [-0.2, 0) is 17.6 Å². The van der Waals surface area contributed by atoms with Crippen molar-refractivity contribution >= 4 is 17.4 Å². The SMILES string of the molecule is CCc1cn[nH]c1NC(=O)Cc1cccc([N+](=O)[O-])c1. The minimum atomic E-state index is -0.481. The Bertz CT molecular complexity index is 636. The molecular formula is C13H14N4O3. The van der Waals surface area contributed by atoms with Gasteiger partial charge in [-0.1, -0.05) is 19.1 Å². The lowest BCUT2D eigenvalue weighted by molar-refractivity contribution is -0.384. The Morgan fingerprint density at radius 2 is 2.30 bits per heavy atom. The number of H-pyrrole nitrogens is 1. The molecule has 1 amide bonds. The van der Waals surface area contributed by atoms with Crippen LogP contribution in [0.15, 0.2) is 30.5 Å². The fraction of sp³-hybridized carbons (Fsp3) is 0.231. The van der Waals surface area contributed by atoms with Crippen LogP contribution in [0.1, 0.15) is 18.1 Å². The van der Waals surface area contributed by atoms with Gasteiger partial charge in [-0.25, -0.2) is 0 Å². The third-order valence-electron chi connectivity index (χ3n) is 2.85. The van der Waals surface area contributed by atoms with Crippen molar-refractivity contribution in [2.45, 2.75) is 19.8 Å². The number of carbonyl (C=O) groups excluding carboxylic acids is 1. The molecule has 1 aromatic carbocycles.